The second-order valence-corrected chi connectivity index (χ2v) is 5.70. The maximum atomic E-state index is 6.04. The molecule has 1 aromatic heterocycles. The number of nitrogens with zero attached hydrogens (tertiary/aromatic N) is 1. The molecule has 0 radical (unpaired) electrons. The molecule has 0 amide bonds. The predicted octanol–water partition coefficient (Wildman–Crippen LogP) is 3.13. The van der Waals surface area contributed by atoms with Crippen LogP contribution < -0.4 is 5.73 Å². The summed E-state index contributed by atoms with van der Waals surface area (Å²) in [7, 11) is 1.72. The number of hydrogen-bond donors (Lipinski definition) is 1. The zero-order chi connectivity index (χ0) is 11.5. The van der Waals surface area contributed by atoms with Gasteiger partial charge in [0.25, 0.3) is 0 Å². The monoisotopic (exact) mass is 240 g/mol. The summed E-state index contributed by atoms with van der Waals surface area (Å²) >= 11 is 1.68. The number of rotatable bonds is 4. The smallest absolute Gasteiger partial charge is 0.110 e. The third-order valence-electron chi connectivity index (χ3n) is 3.29. The fourth-order valence-corrected chi connectivity index (χ4v) is 3.51. The summed E-state index contributed by atoms with van der Waals surface area (Å²) in [5.74, 6) is 0.965. The average Bonchev–Trinajstić information content (AvgIpc) is 2.86. The first-order valence-electron chi connectivity index (χ1n) is 5.97. The Kier molecular flexibility index (Phi) is 3.82. The Balaban J connectivity index is 2.14. The molecule has 0 aliphatic heterocycles. The number of thiazole rings is 1. The molecule has 1 unspecified atom stereocenters. The minimum Gasteiger partial charge on any atom is -0.389 e. The fourth-order valence-electron chi connectivity index (χ4n) is 2.39. The van der Waals surface area contributed by atoms with Crippen molar-refractivity contribution < 1.29 is 4.74 Å². The molecular weight excluding hydrogens is 220 g/mol. The number of methoxy groups -OCH3 is 1. The number of anilines is 1. The van der Waals surface area contributed by atoms with Gasteiger partial charge in [-0.15, -0.1) is 11.3 Å². The van der Waals surface area contributed by atoms with E-state index in [4.69, 9.17) is 15.5 Å². The Bertz CT molecular complexity index is 345. The molecule has 90 valence electrons. The molecule has 0 spiro atoms. The molecule has 3 nitrogen and oxygen atoms in total. The summed E-state index contributed by atoms with van der Waals surface area (Å²) in [5, 5.41) is 2.12. The van der Waals surface area contributed by atoms with Gasteiger partial charge in [-0.05, 0) is 12.8 Å². The predicted molar refractivity (Wildman–Crippen MR) is 68.0 cm³/mol. The van der Waals surface area contributed by atoms with Gasteiger partial charge >= 0.3 is 0 Å². The lowest BCUT2D eigenvalue weighted by Gasteiger charge is -2.07. The SMILES string of the molecule is COCC(C)c1nc(C2CCCC2)sc1N. The molecular formula is C12H20N2OS. The first-order chi connectivity index (χ1) is 7.72. The van der Waals surface area contributed by atoms with Gasteiger partial charge in [0.2, 0.25) is 0 Å². The van der Waals surface area contributed by atoms with Gasteiger partial charge in [-0.2, -0.15) is 0 Å². The molecule has 1 aliphatic rings. The highest BCUT2D eigenvalue weighted by molar-refractivity contribution is 7.15. The van der Waals surface area contributed by atoms with Crippen molar-refractivity contribution in [3.05, 3.63) is 10.7 Å². The van der Waals surface area contributed by atoms with Gasteiger partial charge < -0.3 is 10.5 Å². The number of hydrogen-bond acceptors (Lipinski definition) is 4. The molecule has 0 bridgehead atoms. The number of aromatic nitrogens is 1. The van der Waals surface area contributed by atoms with Gasteiger partial charge in [0.05, 0.1) is 17.3 Å². The lowest BCUT2D eigenvalue weighted by Crippen LogP contribution is -2.05. The molecule has 0 saturated heterocycles. The van der Waals surface area contributed by atoms with E-state index >= 15 is 0 Å². The normalized spacial score (nSPS) is 19.1. The van der Waals surface area contributed by atoms with Crippen LogP contribution in [0.4, 0.5) is 5.00 Å². The van der Waals surface area contributed by atoms with E-state index in [9.17, 15) is 0 Å². The first-order valence-corrected chi connectivity index (χ1v) is 6.79. The van der Waals surface area contributed by atoms with Crippen molar-refractivity contribution in [2.45, 2.75) is 44.4 Å². The number of nitrogens with two attached hydrogens (primary N) is 1. The second kappa shape index (κ2) is 5.15. The van der Waals surface area contributed by atoms with Crippen LogP contribution in [0.15, 0.2) is 0 Å². The zero-order valence-electron chi connectivity index (χ0n) is 10.0. The molecule has 2 N–H and O–H groups in total. The Morgan fingerprint density at radius 1 is 1.50 bits per heavy atom. The van der Waals surface area contributed by atoms with E-state index in [-0.39, 0.29) is 0 Å². The summed E-state index contributed by atoms with van der Waals surface area (Å²) in [4.78, 5) is 4.72. The maximum absolute atomic E-state index is 6.04. The minimum atomic E-state index is 0.302. The van der Waals surface area contributed by atoms with Crippen LogP contribution in [0.1, 0.15) is 55.1 Å². The summed E-state index contributed by atoms with van der Waals surface area (Å²) in [5.41, 5.74) is 7.08. The van der Waals surface area contributed by atoms with Gasteiger partial charge in [-0.25, -0.2) is 4.98 Å². The van der Waals surface area contributed by atoms with Gasteiger partial charge in [0.1, 0.15) is 5.00 Å². The maximum Gasteiger partial charge on any atom is 0.110 e. The Morgan fingerprint density at radius 3 is 2.81 bits per heavy atom. The zero-order valence-corrected chi connectivity index (χ0v) is 10.8. The van der Waals surface area contributed by atoms with Crippen molar-refractivity contribution in [1.82, 2.24) is 4.98 Å². The lowest BCUT2D eigenvalue weighted by molar-refractivity contribution is 0.183. The summed E-state index contributed by atoms with van der Waals surface area (Å²) < 4.78 is 5.16. The van der Waals surface area contributed by atoms with E-state index in [1.54, 1.807) is 18.4 Å². The molecule has 4 heteroatoms. The average molecular weight is 240 g/mol. The van der Waals surface area contributed by atoms with Crippen LogP contribution in [0, 0.1) is 0 Å². The van der Waals surface area contributed by atoms with Crippen molar-refractivity contribution in [3.8, 4) is 0 Å². The van der Waals surface area contributed by atoms with Crippen LogP contribution in [-0.2, 0) is 4.74 Å². The summed E-state index contributed by atoms with van der Waals surface area (Å²) in [6.45, 7) is 2.81. The highest BCUT2D eigenvalue weighted by Crippen LogP contribution is 2.39. The Morgan fingerprint density at radius 2 is 2.19 bits per heavy atom. The molecule has 1 saturated carbocycles. The van der Waals surface area contributed by atoms with Crippen molar-refractivity contribution in [3.63, 3.8) is 0 Å². The van der Waals surface area contributed by atoms with Crippen LogP contribution in [0.25, 0.3) is 0 Å². The molecule has 16 heavy (non-hydrogen) atoms. The molecule has 1 heterocycles. The van der Waals surface area contributed by atoms with Crippen LogP contribution >= 0.6 is 11.3 Å². The van der Waals surface area contributed by atoms with E-state index in [1.807, 2.05) is 0 Å². The number of ether oxygens (including phenoxy) is 1. The van der Waals surface area contributed by atoms with Gasteiger partial charge in [0.15, 0.2) is 0 Å². The van der Waals surface area contributed by atoms with E-state index in [0.717, 1.165) is 10.7 Å². The fraction of sp³-hybridized carbons (Fsp3) is 0.750. The highest BCUT2D eigenvalue weighted by atomic mass is 32.1. The van der Waals surface area contributed by atoms with Gasteiger partial charge in [-0.1, -0.05) is 19.8 Å². The minimum absolute atomic E-state index is 0.302. The van der Waals surface area contributed by atoms with Crippen LogP contribution in [-0.4, -0.2) is 18.7 Å². The number of nitrogen functional groups attached to an aromatic ring is 1. The lowest BCUT2D eigenvalue weighted by atomic mass is 10.1. The van der Waals surface area contributed by atoms with E-state index in [1.165, 1.54) is 30.7 Å². The Hall–Kier alpha value is -0.610. The standard InChI is InChI=1S/C12H20N2OS/c1-8(7-15-2)10-11(13)16-12(14-10)9-5-3-4-6-9/h8-9H,3-7,13H2,1-2H3. The molecule has 1 aliphatic carbocycles. The van der Waals surface area contributed by atoms with Crippen molar-refractivity contribution >= 4 is 16.3 Å². The molecule has 1 atom stereocenters. The van der Waals surface area contributed by atoms with Crippen molar-refractivity contribution in [2.75, 3.05) is 19.5 Å². The van der Waals surface area contributed by atoms with Gasteiger partial charge in [-0.3, -0.25) is 0 Å². The van der Waals surface area contributed by atoms with Crippen LogP contribution in [0.5, 0.6) is 0 Å². The topological polar surface area (TPSA) is 48.1 Å². The first kappa shape index (κ1) is 11.9. The molecule has 1 aromatic rings. The summed E-state index contributed by atoms with van der Waals surface area (Å²) in [6, 6.07) is 0. The van der Waals surface area contributed by atoms with E-state index < -0.39 is 0 Å². The van der Waals surface area contributed by atoms with Crippen LogP contribution in [0.2, 0.25) is 0 Å². The third kappa shape index (κ3) is 2.38. The third-order valence-corrected chi connectivity index (χ3v) is 4.35. The van der Waals surface area contributed by atoms with Crippen molar-refractivity contribution in [2.24, 2.45) is 0 Å². The largest absolute Gasteiger partial charge is 0.389 e. The molecule has 2 rings (SSSR count). The second-order valence-electron chi connectivity index (χ2n) is 4.64. The van der Waals surface area contributed by atoms with E-state index in [2.05, 4.69) is 6.92 Å². The van der Waals surface area contributed by atoms with Gasteiger partial charge in [0, 0.05) is 18.9 Å². The van der Waals surface area contributed by atoms with Crippen LogP contribution in [0.3, 0.4) is 0 Å². The van der Waals surface area contributed by atoms with Crippen molar-refractivity contribution in [1.29, 1.82) is 0 Å². The molecule has 1 fully saturated rings. The molecule has 0 aromatic carbocycles. The Labute approximate surface area is 101 Å². The quantitative estimate of drug-likeness (QED) is 0.879. The van der Waals surface area contributed by atoms with E-state index in [0.29, 0.717) is 18.4 Å². The summed E-state index contributed by atoms with van der Waals surface area (Å²) in [6.07, 6.45) is 5.25. The highest BCUT2D eigenvalue weighted by Gasteiger charge is 2.23.